The Bertz CT molecular complexity index is 2280. The molecular weight excluding hydrogens is 715 g/mol. The standard InChI is InChI=1S/C32H34N2.C24H25N/c1-2-11-25(27-18-20-28(21-19-27)26-12-5-3-6-13-26)22-23-31(34-30-16-9-10-17-30)24-32(33)29-14-7-4-8-15-29;1-4-10-20(6-3)23-14-16-24(17-15-23)25-19-18-21(11-5-2)22-12-8-7-9-13-22/h2-7,9,11-14,16-22,24,32,34H,8,10,15,23,33H2,1H3;4-19,25H,2H2,1,3H3/b11-2-,25-22+,31-24-;10-4-,19-18-,20-6+,21-11+. The highest BCUT2D eigenvalue weighted by molar-refractivity contribution is 5.77. The normalized spacial score (nSPS) is 15.3. The summed E-state index contributed by atoms with van der Waals surface area (Å²) in [7, 11) is 0. The predicted molar refractivity (Wildman–Crippen MR) is 259 cm³/mol. The minimum Gasteiger partial charge on any atom is -0.362 e. The Labute approximate surface area is 353 Å². The molecule has 4 aromatic carbocycles. The minimum absolute atomic E-state index is 0.0813. The van der Waals surface area contributed by atoms with Crippen LogP contribution in [0.15, 0.2) is 236 Å². The summed E-state index contributed by atoms with van der Waals surface area (Å²) in [5, 5.41) is 6.93. The Hall–Kier alpha value is -6.68. The summed E-state index contributed by atoms with van der Waals surface area (Å²) in [4.78, 5) is 0. The highest BCUT2D eigenvalue weighted by Gasteiger charge is 2.11. The molecule has 0 fully saturated rings. The summed E-state index contributed by atoms with van der Waals surface area (Å²) in [5.74, 6) is 0. The summed E-state index contributed by atoms with van der Waals surface area (Å²) >= 11 is 0. The molecule has 4 N–H and O–H groups in total. The molecule has 2 aliphatic carbocycles. The van der Waals surface area contributed by atoms with E-state index in [0.717, 1.165) is 48.3 Å². The first-order valence-corrected chi connectivity index (χ1v) is 20.7. The van der Waals surface area contributed by atoms with Gasteiger partial charge in [-0.15, -0.1) is 0 Å². The number of nitrogens with one attached hydrogen (secondary N) is 2. The van der Waals surface area contributed by atoms with Crippen LogP contribution in [0.4, 0.5) is 5.69 Å². The molecule has 0 spiro atoms. The molecule has 0 aliphatic heterocycles. The third kappa shape index (κ3) is 14.0. The third-order valence-electron chi connectivity index (χ3n) is 9.94. The number of nitrogens with two attached hydrogens (primary N) is 1. The fourth-order valence-electron chi connectivity index (χ4n) is 6.82. The molecule has 3 heteroatoms. The SMILES string of the molecule is C/C=C\C(=C/C/C(=C/C(N)C1=CC=CCC1)NC1=CCC=C1)c1ccc(-c2ccccc2)cc1.C=C/C=C(\C=C/Nc1ccc(C(/C=C\C)=C/C)cc1)c1ccccc1. The first kappa shape index (κ1) is 43.4. The van der Waals surface area contributed by atoms with Crippen molar-refractivity contribution in [3.63, 3.8) is 0 Å². The zero-order chi connectivity index (χ0) is 41.5. The maximum absolute atomic E-state index is 6.58. The van der Waals surface area contributed by atoms with Gasteiger partial charge >= 0.3 is 0 Å². The van der Waals surface area contributed by atoms with Crippen molar-refractivity contribution >= 4 is 22.4 Å². The fraction of sp³-hybridized carbons (Fsp3) is 0.143. The van der Waals surface area contributed by atoms with Gasteiger partial charge in [0.1, 0.15) is 0 Å². The van der Waals surface area contributed by atoms with E-state index in [-0.39, 0.29) is 6.04 Å². The maximum atomic E-state index is 6.58. The Morgan fingerprint density at radius 2 is 1.37 bits per heavy atom. The van der Waals surface area contributed by atoms with Crippen molar-refractivity contribution in [2.45, 2.75) is 52.5 Å². The molecule has 59 heavy (non-hydrogen) atoms. The van der Waals surface area contributed by atoms with Gasteiger partial charge in [0.2, 0.25) is 0 Å². The Balaban J connectivity index is 0.000000236. The molecule has 0 aromatic heterocycles. The third-order valence-corrected chi connectivity index (χ3v) is 9.94. The number of hydrogen-bond donors (Lipinski definition) is 3. The van der Waals surface area contributed by atoms with Crippen LogP contribution in [0.1, 0.15) is 63.1 Å². The van der Waals surface area contributed by atoms with Gasteiger partial charge in [0.15, 0.2) is 0 Å². The van der Waals surface area contributed by atoms with Crippen molar-refractivity contribution < 1.29 is 0 Å². The number of hydrogen-bond acceptors (Lipinski definition) is 3. The lowest BCUT2D eigenvalue weighted by molar-refractivity contribution is 0.813. The summed E-state index contributed by atoms with van der Waals surface area (Å²) < 4.78 is 0. The van der Waals surface area contributed by atoms with E-state index in [2.05, 4.69) is 207 Å². The highest BCUT2D eigenvalue weighted by atomic mass is 14.9. The Morgan fingerprint density at radius 3 is 2.00 bits per heavy atom. The fourth-order valence-corrected chi connectivity index (χ4v) is 6.82. The zero-order valence-corrected chi connectivity index (χ0v) is 34.9. The van der Waals surface area contributed by atoms with Gasteiger partial charge in [0.25, 0.3) is 0 Å². The first-order valence-electron chi connectivity index (χ1n) is 20.7. The summed E-state index contributed by atoms with van der Waals surface area (Å²) in [6, 6.07) is 37.9. The van der Waals surface area contributed by atoms with Crippen LogP contribution in [0.3, 0.4) is 0 Å². The van der Waals surface area contributed by atoms with Crippen molar-refractivity contribution in [3.05, 3.63) is 253 Å². The van der Waals surface area contributed by atoms with Crippen LogP contribution in [-0.4, -0.2) is 6.04 Å². The molecule has 0 radical (unpaired) electrons. The minimum atomic E-state index is -0.0813. The lowest BCUT2D eigenvalue weighted by Crippen LogP contribution is -2.23. The second-order valence-corrected chi connectivity index (χ2v) is 14.2. The Morgan fingerprint density at radius 1 is 0.729 bits per heavy atom. The molecule has 1 unspecified atom stereocenters. The quantitative estimate of drug-likeness (QED) is 0.0994. The number of rotatable bonds is 16. The van der Waals surface area contributed by atoms with E-state index >= 15 is 0 Å². The molecule has 1 atom stereocenters. The molecule has 3 nitrogen and oxygen atoms in total. The smallest absolute Gasteiger partial charge is 0.0463 e. The van der Waals surface area contributed by atoms with E-state index in [1.54, 1.807) is 6.08 Å². The van der Waals surface area contributed by atoms with Crippen molar-refractivity contribution in [2.24, 2.45) is 5.73 Å². The second-order valence-electron chi connectivity index (χ2n) is 14.2. The Kier molecular flexibility index (Phi) is 17.8. The van der Waals surface area contributed by atoms with Crippen molar-refractivity contribution in [2.75, 3.05) is 5.32 Å². The van der Waals surface area contributed by atoms with Gasteiger partial charge in [-0.1, -0.05) is 183 Å². The van der Waals surface area contributed by atoms with E-state index in [1.165, 1.54) is 44.5 Å². The van der Waals surface area contributed by atoms with Crippen molar-refractivity contribution in [1.29, 1.82) is 0 Å². The van der Waals surface area contributed by atoms with Crippen LogP contribution >= 0.6 is 0 Å². The average Bonchev–Trinajstić information content (AvgIpc) is 3.81. The average molecular weight is 774 g/mol. The van der Waals surface area contributed by atoms with E-state index in [9.17, 15) is 0 Å². The van der Waals surface area contributed by atoms with Crippen LogP contribution in [-0.2, 0) is 0 Å². The highest BCUT2D eigenvalue weighted by Crippen LogP contribution is 2.25. The molecule has 2 aliphatic rings. The topological polar surface area (TPSA) is 50.1 Å². The van der Waals surface area contributed by atoms with Crippen molar-refractivity contribution in [1.82, 2.24) is 5.32 Å². The van der Waals surface area contributed by atoms with Gasteiger partial charge in [0.05, 0.1) is 0 Å². The molecule has 298 valence electrons. The number of allylic oxidation sites excluding steroid dienone is 18. The van der Waals surface area contributed by atoms with Crippen LogP contribution in [0.2, 0.25) is 0 Å². The van der Waals surface area contributed by atoms with Gasteiger partial charge in [-0.2, -0.15) is 0 Å². The lowest BCUT2D eigenvalue weighted by atomic mass is 9.96. The van der Waals surface area contributed by atoms with Gasteiger partial charge in [-0.3, -0.25) is 0 Å². The molecule has 6 rings (SSSR count). The molecule has 0 saturated heterocycles. The lowest BCUT2D eigenvalue weighted by Gasteiger charge is -2.17. The molecule has 0 saturated carbocycles. The van der Waals surface area contributed by atoms with Crippen LogP contribution in [0, 0.1) is 0 Å². The van der Waals surface area contributed by atoms with Gasteiger partial charge in [0, 0.05) is 35.7 Å². The maximum Gasteiger partial charge on any atom is 0.0463 e. The zero-order valence-electron chi connectivity index (χ0n) is 34.9. The van der Waals surface area contributed by atoms with Crippen LogP contribution < -0.4 is 16.4 Å². The molecule has 0 heterocycles. The van der Waals surface area contributed by atoms with Crippen molar-refractivity contribution in [3.8, 4) is 11.1 Å². The van der Waals surface area contributed by atoms with Gasteiger partial charge < -0.3 is 16.4 Å². The van der Waals surface area contributed by atoms with Crippen LogP contribution in [0.25, 0.3) is 27.8 Å². The largest absolute Gasteiger partial charge is 0.362 e. The van der Waals surface area contributed by atoms with E-state index < -0.39 is 0 Å². The second kappa shape index (κ2) is 24.2. The van der Waals surface area contributed by atoms with Crippen LogP contribution in [0.5, 0.6) is 0 Å². The number of benzene rings is 4. The monoisotopic (exact) mass is 773 g/mol. The predicted octanol–water partition coefficient (Wildman–Crippen LogP) is 14.5. The van der Waals surface area contributed by atoms with E-state index in [4.69, 9.17) is 5.73 Å². The number of anilines is 1. The molecule has 0 amide bonds. The first-order chi connectivity index (χ1) is 29.0. The summed E-state index contributed by atoms with van der Waals surface area (Å²) in [5.41, 5.74) is 20.8. The van der Waals surface area contributed by atoms with Gasteiger partial charge in [-0.25, -0.2) is 0 Å². The molecule has 0 bridgehead atoms. The molecule has 4 aromatic rings. The molecular formula is C56H59N3. The van der Waals surface area contributed by atoms with E-state index in [1.807, 2.05) is 37.4 Å². The van der Waals surface area contributed by atoms with E-state index in [0.29, 0.717) is 0 Å². The summed E-state index contributed by atoms with van der Waals surface area (Å²) in [6.07, 6.45) is 39.7. The summed E-state index contributed by atoms with van der Waals surface area (Å²) in [6.45, 7) is 9.95. The van der Waals surface area contributed by atoms with Gasteiger partial charge in [-0.05, 0) is 121 Å².